The van der Waals surface area contributed by atoms with Gasteiger partial charge in [0, 0.05) is 44.5 Å². The Balaban J connectivity index is 1.58. The normalized spacial score (nSPS) is 15.1. The Kier molecular flexibility index (Phi) is 4.18. The molecule has 0 N–H and O–H groups in total. The van der Waals surface area contributed by atoms with Crippen LogP contribution in [0.3, 0.4) is 0 Å². The Hall–Kier alpha value is -2.77. The molecule has 0 aliphatic carbocycles. The van der Waals surface area contributed by atoms with Crippen molar-refractivity contribution in [2.45, 2.75) is 27.2 Å². The highest BCUT2D eigenvalue weighted by Crippen LogP contribution is 2.26. The first-order valence-corrected chi connectivity index (χ1v) is 9.04. The van der Waals surface area contributed by atoms with E-state index in [1.165, 1.54) is 5.56 Å². The third-order valence-electron chi connectivity index (χ3n) is 5.01. The molecule has 3 aromatic rings. The zero-order valence-corrected chi connectivity index (χ0v) is 15.8. The lowest BCUT2D eigenvalue weighted by Gasteiger charge is -2.37. The van der Waals surface area contributed by atoms with Gasteiger partial charge in [-0.3, -0.25) is 0 Å². The highest BCUT2D eigenvalue weighted by molar-refractivity contribution is 5.83. The Morgan fingerprint density at radius 1 is 0.923 bits per heavy atom. The zero-order chi connectivity index (χ0) is 18.3. The molecule has 1 aliphatic heterocycles. The number of anilines is 2. The van der Waals surface area contributed by atoms with Gasteiger partial charge >= 0.3 is 0 Å². The molecule has 0 bridgehead atoms. The molecule has 26 heavy (non-hydrogen) atoms. The number of nitrogens with zero attached hydrogens (tertiary/aromatic N) is 8. The maximum absolute atomic E-state index is 4.73. The molecule has 0 aromatic carbocycles. The van der Waals surface area contributed by atoms with E-state index < -0.39 is 0 Å². The van der Waals surface area contributed by atoms with Gasteiger partial charge in [0.15, 0.2) is 17.0 Å². The number of aryl methyl sites for hydroxylation is 3. The summed E-state index contributed by atoms with van der Waals surface area (Å²) < 4.78 is 1.93. The molecule has 136 valence electrons. The van der Waals surface area contributed by atoms with Gasteiger partial charge in [-0.25, -0.2) is 24.9 Å². The van der Waals surface area contributed by atoms with Gasteiger partial charge in [-0.1, -0.05) is 6.92 Å². The number of rotatable bonds is 3. The van der Waals surface area contributed by atoms with Crippen LogP contribution in [0.4, 0.5) is 11.6 Å². The molecule has 8 heteroatoms. The summed E-state index contributed by atoms with van der Waals surface area (Å²) in [5, 5.41) is 0. The van der Waals surface area contributed by atoms with Crippen molar-refractivity contribution >= 4 is 22.8 Å². The van der Waals surface area contributed by atoms with E-state index in [0.717, 1.165) is 66.9 Å². The molecule has 1 fully saturated rings. The Morgan fingerprint density at radius 2 is 1.62 bits per heavy atom. The summed E-state index contributed by atoms with van der Waals surface area (Å²) in [6.45, 7) is 9.78. The van der Waals surface area contributed by atoms with E-state index >= 15 is 0 Å². The van der Waals surface area contributed by atoms with Crippen molar-refractivity contribution in [3.63, 3.8) is 0 Å². The predicted octanol–water partition coefficient (Wildman–Crippen LogP) is 1.66. The topological polar surface area (TPSA) is 75.9 Å². The molecule has 0 unspecified atom stereocenters. The van der Waals surface area contributed by atoms with Gasteiger partial charge in [0.25, 0.3) is 0 Å². The van der Waals surface area contributed by atoms with E-state index in [9.17, 15) is 0 Å². The van der Waals surface area contributed by atoms with E-state index in [2.05, 4.69) is 43.6 Å². The average Bonchev–Trinajstić information content (AvgIpc) is 3.03. The van der Waals surface area contributed by atoms with Gasteiger partial charge in [-0.15, -0.1) is 0 Å². The van der Waals surface area contributed by atoms with Crippen molar-refractivity contribution in [1.29, 1.82) is 0 Å². The third kappa shape index (κ3) is 2.75. The van der Waals surface area contributed by atoms with Crippen LogP contribution in [0.1, 0.15) is 24.0 Å². The number of imidazole rings is 1. The molecule has 4 heterocycles. The fraction of sp³-hybridized carbons (Fsp3) is 0.500. The zero-order valence-electron chi connectivity index (χ0n) is 15.8. The summed E-state index contributed by atoms with van der Waals surface area (Å²) in [4.78, 5) is 27.2. The number of fused-ring (bicyclic) bond motifs is 1. The van der Waals surface area contributed by atoms with Crippen LogP contribution in [0, 0.1) is 13.8 Å². The molecular weight excluding hydrogens is 328 g/mol. The molecule has 8 nitrogen and oxygen atoms in total. The summed E-state index contributed by atoms with van der Waals surface area (Å²) >= 11 is 0. The minimum absolute atomic E-state index is 0.836. The van der Waals surface area contributed by atoms with Crippen LogP contribution < -0.4 is 9.80 Å². The number of piperazine rings is 1. The van der Waals surface area contributed by atoms with Gasteiger partial charge in [0.1, 0.15) is 18.0 Å². The van der Waals surface area contributed by atoms with E-state index in [1.807, 2.05) is 18.5 Å². The van der Waals surface area contributed by atoms with Gasteiger partial charge in [0.2, 0.25) is 0 Å². The van der Waals surface area contributed by atoms with Gasteiger partial charge in [-0.2, -0.15) is 0 Å². The molecule has 0 saturated carbocycles. The molecule has 1 saturated heterocycles. The fourth-order valence-corrected chi connectivity index (χ4v) is 3.69. The van der Waals surface area contributed by atoms with Crippen LogP contribution in [0.2, 0.25) is 0 Å². The van der Waals surface area contributed by atoms with E-state index in [4.69, 9.17) is 4.98 Å². The highest BCUT2D eigenvalue weighted by Gasteiger charge is 2.24. The minimum atomic E-state index is 0.836. The van der Waals surface area contributed by atoms with Crippen molar-refractivity contribution in [3.8, 4) is 0 Å². The first kappa shape index (κ1) is 16.7. The second-order valence-corrected chi connectivity index (χ2v) is 6.71. The summed E-state index contributed by atoms with van der Waals surface area (Å²) in [5.74, 6) is 2.84. The molecule has 0 atom stereocenters. The molecule has 0 radical (unpaired) electrons. The van der Waals surface area contributed by atoms with Crippen molar-refractivity contribution in [2.75, 3.05) is 36.0 Å². The smallest absolute Gasteiger partial charge is 0.165 e. The van der Waals surface area contributed by atoms with Crippen molar-refractivity contribution < 1.29 is 0 Å². The summed E-state index contributed by atoms with van der Waals surface area (Å²) in [6, 6.07) is 0. The van der Waals surface area contributed by atoms with Crippen LogP contribution >= 0.6 is 0 Å². The highest BCUT2D eigenvalue weighted by atomic mass is 15.3. The monoisotopic (exact) mass is 352 g/mol. The number of aromatic nitrogens is 6. The van der Waals surface area contributed by atoms with Crippen LogP contribution in [0.5, 0.6) is 0 Å². The Labute approximate surface area is 152 Å². The molecule has 0 spiro atoms. The van der Waals surface area contributed by atoms with Crippen LogP contribution in [0.25, 0.3) is 11.2 Å². The van der Waals surface area contributed by atoms with Crippen molar-refractivity contribution in [1.82, 2.24) is 29.5 Å². The first-order chi connectivity index (χ1) is 12.6. The van der Waals surface area contributed by atoms with Crippen molar-refractivity contribution in [3.05, 3.63) is 29.7 Å². The van der Waals surface area contributed by atoms with Gasteiger partial charge in [-0.05, 0) is 20.3 Å². The van der Waals surface area contributed by atoms with E-state index in [-0.39, 0.29) is 0 Å². The lowest BCUT2D eigenvalue weighted by atomic mass is 10.1. The quantitative estimate of drug-likeness (QED) is 0.709. The largest absolute Gasteiger partial charge is 0.353 e. The van der Waals surface area contributed by atoms with E-state index in [1.54, 1.807) is 12.7 Å². The Bertz CT molecular complexity index is 940. The molecule has 0 amide bonds. The molecule has 3 aromatic heterocycles. The lowest BCUT2D eigenvalue weighted by Crippen LogP contribution is -2.47. The summed E-state index contributed by atoms with van der Waals surface area (Å²) in [7, 11) is 1.95. The summed E-state index contributed by atoms with van der Waals surface area (Å²) in [6.07, 6.45) is 4.36. The Morgan fingerprint density at radius 3 is 2.31 bits per heavy atom. The first-order valence-electron chi connectivity index (χ1n) is 9.04. The SMILES string of the molecule is CCc1c(C)nc(C)nc1N1CCN(c2ncnc3c2ncn3C)CC1. The second kappa shape index (κ2) is 6.51. The maximum Gasteiger partial charge on any atom is 0.165 e. The summed E-state index contributed by atoms with van der Waals surface area (Å²) in [5.41, 5.74) is 4.07. The third-order valence-corrected chi connectivity index (χ3v) is 5.01. The van der Waals surface area contributed by atoms with Crippen LogP contribution in [0.15, 0.2) is 12.7 Å². The molecule has 1 aliphatic rings. The van der Waals surface area contributed by atoms with E-state index in [0.29, 0.717) is 0 Å². The molecular formula is C18H24N8. The van der Waals surface area contributed by atoms with Gasteiger partial charge in [0.05, 0.1) is 6.33 Å². The number of hydrogen-bond acceptors (Lipinski definition) is 7. The fourth-order valence-electron chi connectivity index (χ4n) is 3.69. The van der Waals surface area contributed by atoms with Crippen molar-refractivity contribution in [2.24, 2.45) is 7.05 Å². The number of hydrogen-bond donors (Lipinski definition) is 0. The second-order valence-electron chi connectivity index (χ2n) is 6.71. The average molecular weight is 352 g/mol. The molecule has 4 rings (SSSR count). The van der Waals surface area contributed by atoms with Gasteiger partial charge < -0.3 is 14.4 Å². The lowest BCUT2D eigenvalue weighted by molar-refractivity contribution is 0.637. The predicted molar refractivity (Wildman–Crippen MR) is 102 cm³/mol. The standard InChI is InChI=1S/C18H24N8/c1-5-14-12(2)22-13(3)23-16(14)25-6-8-26(9-7-25)18-15-17(19-10-20-18)24(4)11-21-15/h10-11H,5-9H2,1-4H3. The minimum Gasteiger partial charge on any atom is -0.353 e. The maximum atomic E-state index is 4.73. The van der Waals surface area contributed by atoms with Crippen LogP contribution in [-0.4, -0.2) is 55.7 Å². The van der Waals surface area contributed by atoms with Crippen LogP contribution in [-0.2, 0) is 13.5 Å².